The first-order chi connectivity index (χ1) is 11.6. The van der Waals surface area contributed by atoms with E-state index in [1.165, 1.54) is 11.1 Å². The maximum absolute atomic E-state index is 12.8. The van der Waals surface area contributed by atoms with Crippen LogP contribution in [0, 0.1) is 11.3 Å². The van der Waals surface area contributed by atoms with Gasteiger partial charge in [-0.2, -0.15) is 5.26 Å². The minimum absolute atomic E-state index is 0.172. The Hall–Kier alpha value is -3.20. The molecule has 1 aromatic heterocycles. The molecule has 0 radical (unpaired) electrons. The third-order valence-corrected chi connectivity index (χ3v) is 4.19. The molecule has 1 atom stereocenters. The summed E-state index contributed by atoms with van der Waals surface area (Å²) in [5, 5.41) is 9.11. The van der Waals surface area contributed by atoms with E-state index in [1.807, 2.05) is 6.07 Å². The van der Waals surface area contributed by atoms with Crippen molar-refractivity contribution in [1.29, 1.82) is 5.26 Å². The number of hydrogen-bond donors (Lipinski definition) is 1. The summed E-state index contributed by atoms with van der Waals surface area (Å²) in [5.74, 6) is -0.862. The molecule has 2 amide bonds. The van der Waals surface area contributed by atoms with Gasteiger partial charge in [-0.15, -0.1) is 0 Å². The van der Waals surface area contributed by atoms with Crippen LogP contribution in [0.2, 0.25) is 0 Å². The first kappa shape index (κ1) is 15.7. The van der Waals surface area contributed by atoms with Crippen LogP contribution < -0.4 is 5.73 Å². The summed E-state index contributed by atoms with van der Waals surface area (Å²) < 4.78 is 0. The van der Waals surface area contributed by atoms with Crippen LogP contribution in [0.4, 0.5) is 0 Å². The number of pyridine rings is 1. The monoisotopic (exact) mass is 320 g/mol. The zero-order valence-corrected chi connectivity index (χ0v) is 13.0. The molecule has 2 aromatic rings. The van der Waals surface area contributed by atoms with Gasteiger partial charge in [0.25, 0.3) is 5.91 Å². The Kier molecular flexibility index (Phi) is 4.25. The molecule has 2 N–H and O–H groups in total. The van der Waals surface area contributed by atoms with E-state index >= 15 is 0 Å². The zero-order valence-electron chi connectivity index (χ0n) is 13.0. The Labute approximate surface area is 139 Å². The Morgan fingerprint density at radius 1 is 1.38 bits per heavy atom. The van der Waals surface area contributed by atoms with E-state index in [0.717, 1.165) is 17.5 Å². The van der Waals surface area contributed by atoms with E-state index in [0.29, 0.717) is 17.5 Å². The third kappa shape index (κ3) is 2.97. The molecule has 1 unspecified atom stereocenters. The van der Waals surface area contributed by atoms with E-state index < -0.39 is 5.91 Å². The summed E-state index contributed by atoms with van der Waals surface area (Å²) in [5.41, 5.74) is 8.29. The first-order valence-corrected chi connectivity index (χ1v) is 7.62. The number of nitriles is 1. The molecule has 0 aliphatic heterocycles. The summed E-state index contributed by atoms with van der Waals surface area (Å²) >= 11 is 0. The van der Waals surface area contributed by atoms with Crippen molar-refractivity contribution >= 4 is 11.8 Å². The molecule has 120 valence electrons. The van der Waals surface area contributed by atoms with Crippen molar-refractivity contribution in [3.8, 4) is 6.07 Å². The third-order valence-electron chi connectivity index (χ3n) is 4.19. The number of aromatic nitrogens is 1. The van der Waals surface area contributed by atoms with Gasteiger partial charge in [0, 0.05) is 12.4 Å². The average molecular weight is 320 g/mol. The fourth-order valence-corrected chi connectivity index (χ4v) is 3.12. The maximum Gasteiger partial charge on any atom is 0.256 e. The van der Waals surface area contributed by atoms with Gasteiger partial charge in [-0.1, -0.05) is 6.07 Å². The van der Waals surface area contributed by atoms with Gasteiger partial charge in [0.05, 0.1) is 23.2 Å². The number of aryl methyl sites for hydroxylation is 1. The summed E-state index contributed by atoms with van der Waals surface area (Å²) in [6.45, 7) is -0.172. The van der Waals surface area contributed by atoms with Crippen molar-refractivity contribution < 1.29 is 9.59 Å². The summed E-state index contributed by atoms with van der Waals surface area (Å²) in [6.07, 6.45) is 4.54. The van der Waals surface area contributed by atoms with E-state index in [1.54, 1.807) is 30.5 Å². The molecule has 0 saturated carbocycles. The Morgan fingerprint density at radius 3 is 2.88 bits per heavy atom. The van der Waals surface area contributed by atoms with E-state index in [9.17, 15) is 9.59 Å². The SMILES string of the molecule is N#Cc1ccc2c(c1)C(N(CC(N)=O)C(=O)c1cccnc1)CC2. The van der Waals surface area contributed by atoms with Gasteiger partial charge >= 0.3 is 0 Å². The van der Waals surface area contributed by atoms with Crippen molar-refractivity contribution in [1.82, 2.24) is 9.88 Å². The molecular formula is C18H16N4O2. The lowest BCUT2D eigenvalue weighted by atomic mass is 10.0. The lowest BCUT2D eigenvalue weighted by Gasteiger charge is -2.28. The number of benzene rings is 1. The number of rotatable bonds is 4. The van der Waals surface area contributed by atoms with Crippen LogP contribution >= 0.6 is 0 Å². The molecule has 1 aliphatic rings. The Bertz CT molecular complexity index is 827. The lowest BCUT2D eigenvalue weighted by Crippen LogP contribution is -2.40. The molecule has 0 bridgehead atoms. The molecule has 0 spiro atoms. The molecule has 1 aliphatic carbocycles. The second kappa shape index (κ2) is 6.50. The van der Waals surface area contributed by atoms with E-state index in [-0.39, 0.29) is 18.5 Å². The number of nitrogens with zero attached hydrogens (tertiary/aromatic N) is 3. The second-order valence-corrected chi connectivity index (χ2v) is 5.72. The highest BCUT2D eigenvalue weighted by Crippen LogP contribution is 2.36. The largest absolute Gasteiger partial charge is 0.368 e. The molecule has 3 rings (SSSR count). The molecule has 1 aromatic carbocycles. The predicted molar refractivity (Wildman–Crippen MR) is 86.7 cm³/mol. The zero-order chi connectivity index (χ0) is 17.1. The topological polar surface area (TPSA) is 100 Å². The van der Waals surface area contributed by atoms with Gasteiger partial charge in [-0.05, 0) is 48.2 Å². The molecule has 6 heteroatoms. The molecular weight excluding hydrogens is 304 g/mol. The lowest BCUT2D eigenvalue weighted by molar-refractivity contribution is -0.119. The van der Waals surface area contributed by atoms with Gasteiger partial charge in [0.15, 0.2) is 0 Å². The van der Waals surface area contributed by atoms with Crippen molar-refractivity contribution in [3.63, 3.8) is 0 Å². The highest BCUT2D eigenvalue weighted by atomic mass is 16.2. The fraction of sp³-hybridized carbons (Fsp3) is 0.222. The van der Waals surface area contributed by atoms with Crippen LogP contribution in [0.3, 0.4) is 0 Å². The van der Waals surface area contributed by atoms with Gasteiger partial charge < -0.3 is 10.6 Å². The Balaban J connectivity index is 1.99. The smallest absolute Gasteiger partial charge is 0.256 e. The second-order valence-electron chi connectivity index (χ2n) is 5.72. The molecule has 1 heterocycles. The first-order valence-electron chi connectivity index (χ1n) is 7.62. The van der Waals surface area contributed by atoms with Crippen LogP contribution in [-0.2, 0) is 11.2 Å². The Morgan fingerprint density at radius 2 is 2.21 bits per heavy atom. The van der Waals surface area contributed by atoms with Crippen molar-refractivity contribution in [2.75, 3.05) is 6.54 Å². The number of hydrogen-bond acceptors (Lipinski definition) is 4. The van der Waals surface area contributed by atoms with Crippen LogP contribution in [-0.4, -0.2) is 28.2 Å². The summed E-state index contributed by atoms with van der Waals surface area (Å²) in [6, 6.07) is 10.6. The van der Waals surface area contributed by atoms with Gasteiger partial charge in [0.2, 0.25) is 5.91 Å². The summed E-state index contributed by atoms with van der Waals surface area (Å²) in [4.78, 5) is 29.8. The van der Waals surface area contributed by atoms with Gasteiger partial charge in [-0.25, -0.2) is 0 Å². The maximum atomic E-state index is 12.8. The number of carbonyl (C=O) groups excluding carboxylic acids is 2. The fourth-order valence-electron chi connectivity index (χ4n) is 3.12. The number of primary amides is 1. The van der Waals surface area contributed by atoms with Crippen LogP contribution in [0.1, 0.15) is 39.5 Å². The standard InChI is InChI=1S/C18H16N4O2/c19-9-12-3-4-13-5-6-16(15(13)8-12)22(11-17(20)23)18(24)14-2-1-7-21-10-14/h1-4,7-8,10,16H,5-6,11H2,(H2,20,23). The molecule has 0 fully saturated rings. The van der Waals surface area contributed by atoms with Crippen molar-refractivity contribution in [3.05, 3.63) is 65.0 Å². The normalized spacial score (nSPS) is 15.4. The van der Waals surface area contributed by atoms with Gasteiger partial charge in [-0.3, -0.25) is 14.6 Å². The molecule has 6 nitrogen and oxygen atoms in total. The highest BCUT2D eigenvalue weighted by Gasteiger charge is 2.32. The quantitative estimate of drug-likeness (QED) is 0.924. The van der Waals surface area contributed by atoms with Crippen molar-refractivity contribution in [2.24, 2.45) is 5.73 Å². The molecule has 0 saturated heterocycles. The number of amides is 2. The number of carbonyl (C=O) groups is 2. The van der Waals surface area contributed by atoms with Crippen LogP contribution in [0.15, 0.2) is 42.7 Å². The van der Waals surface area contributed by atoms with E-state index in [2.05, 4.69) is 11.1 Å². The van der Waals surface area contributed by atoms with E-state index in [4.69, 9.17) is 11.0 Å². The minimum atomic E-state index is -0.572. The number of fused-ring (bicyclic) bond motifs is 1. The van der Waals surface area contributed by atoms with Crippen LogP contribution in [0.5, 0.6) is 0 Å². The van der Waals surface area contributed by atoms with Gasteiger partial charge in [0.1, 0.15) is 6.54 Å². The minimum Gasteiger partial charge on any atom is -0.368 e. The van der Waals surface area contributed by atoms with Crippen molar-refractivity contribution in [2.45, 2.75) is 18.9 Å². The number of nitrogens with two attached hydrogens (primary N) is 1. The average Bonchev–Trinajstić information content (AvgIpc) is 3.02. The van der Waals surface area contributed by atoms with Crippen LogP contribution in [0.25, 0.3) is 0 Å². The highest BCUT2D eigenvalue weighted by molar-refractivity contribution is 5.96. The molecule has 24 heavy (non-hydrogen) atoms. The summed E-state index contributed by atoms with van der Waals surface area (Å²) in [7, 11) is 0. The predicted octanol–water partition coefficient (Wildman–Crippen LogP) is 1.57.